The van der Waals surface area contributed by atoms with Crippen LogP contribution in [0.5, 0.6) is 0 Å². The van der Waals surface area contributed by atoms with Crippen molar-refractivity contribution in [2.24, 2.45) is 5.92 Å². The molecule has 1 unspecified atom stereocenters. The van der Waals surface area contributed by atoms with Crippen LogP contribution in [0, 0.1) is 5.92 Å². The minimum atomic E-state index is -3.19. The Morgan fingerprint density at radius 2 is 1.81 bits per heavy atom. The van der Waals surface area contributed by atoms with Crippen molar-refractivity contribution in [3.63, 3.8) is 0 Å². The molecular formula is C11H23O4P. The van der Waals surface area contributed by atoms with E-state index in [4.69, 9.17) is 9.05 Å². The molecule has 0 saturated heterocycles. The molecule has 4 nitrogen and oxygen atoms in total. The summed E-state index contributed by atoms with van der Waals surface area (Å²) in [6.07, 6.45) is 3.62. The van der Waals surface area contributed by atoms with E-state index in [0.717, 1.165) is 25.7 Å². The van der Waals surface area contributed by atoms with Crippen LogP contribution in [0.4, 0.5) is 0 Å². The molecule has 0 N–H and O–H groups in total. The van der Waals surface area contributed by atoms with Gasteiger partial charge in [-0.15, -0.1) is 0 Å². The van der Waals surface area contributed by atoms with Gasteiger partial charge in [0.15, 0.2) is 0 Å². The van der Waals surface area contributed by atoms with Crippen LogP contribution in [-0.4, -0.2) is 26.2 Å². The van der Waals surface area contributed by atoms with Crippen LogP contribution in [-0.2, 0) is 18.4 Å². The Morgan fingerprint density at radius 3 is 2.19 bits per heavy atom. The van der Waals surface area contributed by atoms with Gasteiger partial charge in [-0.1, -0.05) is 26.7 Å². The molecule has 0 aromatic carbocycles. The fraction of sp³-hybridized carbons (Fsp3) is 0.909. The van der Waals surface area contributed by atoms with Gasteiger partial charge in [-0.05, 0) is 12.8 Å². The smallest absolute Gasteiger partial charge is 0.312 e. The summed E-state index contributed by atoms with van der Waals surface area (Å²) < 4.78 is 21.3. The van der Waals surface area contributed by atoms with Crippen molar-refractivity contribution in [1.82, 2.24) is 0 Å². The molecule has 16 heavy (non-hydrogen) atoms. The minimum Gasteiger partial charge on any atom is -0.312 e. The van der Waals surface area contributed by atoms with E-state index in [9.17, 15) is 9.36 Å². The molecule has 0 rings (SSSR count). The summed E-state index contributed by atoms with van der Waals surface area (Å²) in [6.45, 7) is 4.06. The van der Waals surface area contributed by atoms with Crippen LogP contribution < -0.4 is 0 Å². The number of unbranched alkanes of at least 4 members (excludes halogenated alkanes) is 1. The zero-order valence-electron chi connectivity index (χ0n) is 10.7. The van der Waals surface area contributed by atoms with E-state index in [-0.39, 0.29) is 17.9 Å². The Kier molecular flexibility index (Phi) is 7.90. The van der Waals surface area contributed by atoms with Gasteiger partial charge in [0.2, 0.25) is 0 Å². The number of carbonyl (C=O) groups is 1. The molecule has 0 aliphatic rings. The van der Waals surface area contributed by atoms with Crippen molar-refractivity contribution in [1.29, 1.82) is 0 Å². The summed E-state index contributed by atoms with van der Waals surface area (Å²) in [5, 5.41) is 0. The van der Waals surface area contributed by atoms with Crippen LogP contribution >= 0.6 is 7.60 Å². The summed E-state index contributed by atoms with van der Waals surface area (Å²) in [6, 6.07) is 0. The SMILES string of the molecule is CCCCC(CC)C(=O)CP(=O)(OC)OC. The van der Waals surface area contributed by atoms with Gasteiger partial charge in [0.25, 0.3) is 0 Å². The second kappa shape index (κ2) is 7.99. The van der Waals surface area contributed by atoms with Crippen LogP contribution in [0.2, 0.25) is 0 Å². The van der Waals surface area contributed by atoms with E-state index >= 15 is 0 Å². The first-order valence-corrected chi connectivity index (χ1v) is 7.49. The highest BCUT2D eigenvalue weighted by Gasteiger charge is 2.28. The van der Waals surface area contributed by atoms with Gasteiger partial charge in [-0.25, -0.2) is 0 Å². The van der Waals surface area contributed by atoms with E-state index in [1.807, 2.05) is 6.92 Å². The van der Waals surface area contributed by atoms with Crippen LogP contribution in [0.15, 0.2) is 0 Å². The van der Waals surface area contributed by atoms with Crippen molar-refractivity contribution < 1.29 is 18.4 Å². The molecule has 0 bridgehead atoms. The zero-order chi connectivity index (χ0) is 12.6. The maximum atomic E-state index is 11.9. The fourth-order valence-corrected chi connectivity index (χ4v) is 2.61. The molecular weight excluding hydrogens is 227 g/mol. The van der Waals surface area contributed by atoms with Crippen molar-refractivity contribution in [3.05, 3.63) is 0 Å². The molecule has 0 fully saturated rings. The van der Waals surface area contributed by atoms with Gasteiger partial charge in [-0.2, -0.15) is 0 Å². The van der Waals surface area contributed by atoms with Crippen LogP contribution in [0.25, 0.3) is 0 Å². The van der Waals surface area contributed by atoms with Crippen molar-refractivity contribution in [3.8, 4) is 0 Å². The monoisotopic (exact) mass is 250 g/mol. The average Bonchev–Trinajstić information content (AvgIpc) is 2.29. The molecule has 0 aromatic rings. The third-order valence-electron chi connectivity index (χ3n) is 2.76. The molecule has 0 aliphatic heterocycles. The molecule has 0 aromatic heterocycles. The van der Waals surface area contributed by atoms with Gasteiger partial charge in [0, 0.05) is 20.1 Å². The third kappa shape index (κ3) is 5.24. The van der Waals surface area contributed by atoms with Crippen LogP contribution in [0.3, 0.4) is 0 Å². The number of carbonyl (C=O) groups excluding carboxylic acids is 1. The third-order valence-corrected chi connectivity index (χ3v) is 4.57. The molecule has 0 aliphatic carbocycles. The summed E-state index contributed by atoms with van der Waals surface area (Å²) in [4.78, 5) is 11.9. The summed E-state index contributed by atoms with van der Waals surface area (Å²) in [5.41, 5.74) is 0. The first kappa shape index (κ1) is 15.8. The lowest BCUT2D eigenvalue weighted by molar-refractivity contribution is -0.120. The molecule has 0 saturated carbocycles. The highest BCUT2D eigenvalue weighted by molar-refractivity contribution is 7.54. The first-order valence-electron chi connectivity index (χ1n) is 5.76. The Labute approximate surface area is 98.2 Å². The number of rotatable bonds is 9. The molecule has 0 spiro atoms. The van der Waals surface area contributed by atoms with E-state index in [0.29, 0.717) is 0 Å². The quantitative estimate of drug-likeness (QED) is 0.589. The van der Waals surface area contributed by atoms with E-state index in [1.54, 1.807) is 0 Å². The second-order valence-electron chi connectivity index (χ2n) is 3.85. The molecule has 5 heteroatoms. The largest absolute Gasteiger partial charge is 0.337 e. The fourth-order valence-electron chi connectivity index (χ4n) is 1.57. The van der Waals surface area contributed by atoms with Gasteiger partial charge >= 0.3 is 7.60 Å². The Hall–Kier alpha value is -0.180. The minimum absolute atomic E-state index is 0.0111. The second-order valence-corrected chi connectivity index (χ2v) is 6.12. The van der Waals surface area contributed by atoms with Gasteiger partial charge in [0.05, 0.1) is 0 Å². The van der Waals surface area contributed by atoms with Gasteiger partial charge in [-0.3, -0.25) is 9.36 Å². The highest BCUT2D eigenvalue weighted by atomic mass is 31.2. The van der Waals surface area contributed by atoms with E-state index in [1.165, 1.54) is 14.2 Å². The summed E-state index contributed by atoms with van der Waals surface area (Å²) in [5.74, 6) is -0.0263. The molecule has 96 valence electrons. The lowest BCUT2D eigenvalue weighted by Gasteiger charge is -2.17. The van der Waals surface area contributed by atoms with Crippen molar-refractivity contribution in [2.75, 3.05) is 20.4 Å². The maximum Gasteiger partial charge on any atom is 0.337 e. The maximum absolute atomic E-state index is 11.9. The standard InChI is InChI=1S/C11H23O4P/c1-5-7-8-10(6-2)11(12)9-16(13,14-3)15-4/h10H,5-9H2,1-4H3. The normalized spacial score (nSPS) is 13.8. The predicted octanol–water partition coefficient (Wildman–Crippen LogP) is 3.26. The Bertz CT molecular complexity index is 244. The first-order chi connectivity index (χ1) is 7.52. The topological polar surface area (TPSA) is 52.6 Å². The number of Topliss-reactive ketones (excluding diaryl/α,β-unsaturated/α-hetero) is 1. The molecule has 0 radical (unpaired) electrons. The highest BCUT2D eigenvalue weighted by Crippen LogP contribution is 2.46. The Balaban J connectivity index is 4.35. The lowest BCUT2D eigenvalue weighted by atomic mass is 9.96. The van der Waals surface area contributed by atoms with E-state index in [2.05, 4.69) is 6.92 Å². The molecule has 0 heterocycles. The van der Waals surface area contributed by atoms with Crippen molar-refractivity contribution >= 4 is 13.4 Å². The molecule has 1 atom stereocenters. The zero-order valence-corrected chi connectivity index (χ0v) is 11.6. The Morgan fingerprint density at radius 1 is 1.25 bits per heavy atom. The van der Waals surface area contributed by atoms with Crippen LogP contribution in [0.1, 0.15) is 39.5 Å². The number of hydrogen-bond donors (Lipinski definition) is 0. The summed E-state index contributed by atoms with van der Waals surface area (Å²) >= 11 is 0. The van der Waals surface area contributed by atoms with Gasteiger partial charge in [0.1, 0.15) is 11.9 Å². The van der Waals surface area contributed by atoms with E-state index < -0.39 is 7.60 Å². The number of hydrogen-bond acceptors (Lipinski definition) is 4. The lowest BCUT2D eigenvalue weighted by Crippen LogP contribution is -2.18. The molecule has 0 amide bonds. The predicted molar refractivity (Wildman–Crippen MR) is 64.8 cm³/mol. The number of ketones is 1. The van der Waals surface area contributed by atoms with Crippen molar-refractivity contribution in [2.45, 2.75) is 39.5 Å². The summed E-state index contributed by atoms with van der Waals surface area (Å²) in [7, 11) is -0.566. The van der Waals surface area contributed by atoms with Gasteiger partial charge < -0.3 is 9.05 Å². The average molecular weight is 250 g/mol.